The van der Waals surface area contributed by atoms with Gasteiger partial charge in [0, 0.05) is 51.4 Å². The molecule has 0 aliphatic carbocycles. The van der Waals surface area contributed by atoms with E-state index in [-0.39, 0.29) is 41.9 Å². The number of hydrogen-bond acceptors (Lipinski definition) is 4. The van der Waals surface area contributed by atoms with Crippen LogP contribution in [0.1, 0.15) is 25.0 Å². The molecule has 0 spiro atoms. The van der Waals surface area contributed by atoms with Gasteiger partial charge in [0.2, 0.25) is 5.91 Å². The van der Waals surface area contributed by atoms with E-state index in [4.69, 9.17) is 4.74 Å². The van der Waals surface area contributed by atoms with Gasteiger partial charge in [0.1, 0.15) is 0 Å². The first-order chi connectivity index (χ1) is 16.0. The number of amides is 1. The molecule has 184 valence electrons. The number of anilines is 1. The van der Waals surface area contributed by atoms with Crippen molar-refractivity contribution >= 4 is 41.5 Å². The number of guanidine groups is 1. The van der Waals surface area contributed by atoms with Crippen LogP contribution >= 0.6 is 24.0 Å². The summed E-state index contributed by atoms with van der Waals surface area (Å²) in [4.78, 5) is 21.2. The third kappa shape index (κ3) is 6.70. The van der Waals surface area contributed by atoms with E-state index in [2.05, 4.69) is 55.8 Å². The van der Waals surface area contributed by atoms with Gasteiger partial charge in [-0.3, -0.25) is 14.7 Å². The largest absolute Gasteiger partial charge is 0.373 e. The van der Waals surface area contributed by atoms with Gasteiger partial charge in [0.25, 0.3) is 0 Å². The molecule has 2 atom stereocenters. The predicted molar refractivity (Wildman–Crippen MR) is 147 cm³/mol. The normalized spacial score (nSPS) is 20.6. The highest BCUT2D eigenvalue weighted by molar-refractivity contribution is 14.0. The molecule has 2 saturated heterocycles. The molecule has 2 aromatic rings. The van der Waals surface area contributed by atoms with Crippen molar-refractivity contribution < 1.29 is 9.53 Å². The van der Waals surface area contributed by atoms with Crippen molar-refractivity contribution in [2.75, 3.05) is 38.6 Å². The number of nitrogens with one attached hydrogen (secondary N) is 2. The lowest BCUT2D eigenvalue weighted by Crippen LogP contribution is -2.50. The second kappa shape index (κ2) is 12.5. The molecule has 2 aliphatic heterocycles. The Morgan fingerprint density at radius 2 is 1.82 bits per heavy atom. The highest BCUT2D eigenvalue weighted by Crippen LogP contribution is 2.24. The van der Waals surface area contributed by atoms with Gasteiger partial charge in [-0.25, -0.2) is 0 Å². The van der Waals surface area contributed by atoms with E-state index in [1.54, 1.807) is 0 Å². The van der Waals surface area contributed by atoms with Crippen LogP contribution in [0.3, 0.4) is 0 Å². The summed E-state index contributed by atoms with van der Waals surface area (Å²) in [5.41, 5.74) is 3.30. The zero-order valence-electron chi connectivity index (χ0n) is 20.2. The van der Waals surface area contributed by atoms with E-state index < -0.39 is 0 Å². The molecular formula is C26H36IN5O2. The molecular weight excluding hydrogens is 541 g/mol. The molecule has 2 unspecified atom stereocenters. The average Bonchev–Trinajstić information content (AvgIpc) is 3.26. The average molecular weight is 578 g/mol. The van der Waals surface area contributed by atoms with Gasteiger partial charge in [-0.15, -0.1) is 24.0 Å². The standard InChI is InChI=1S/C26H35N5O2.HI/c1-19(2)25(32)29-22-11-9-20(10-12-22)15-28-26(27-3)31-17-23-24(18-31)33-14-13-30(23)16-21-7-5-4-6-8-21;/h4-12,19,23-24H,13-18H2,1-3H3,(H,27,28)(H,29,32);1H. The molecule has 0 radical (unpaired) electrons. The van der Waals surface area contributed by atoms with Gasteiger partial charge >= 0.3 is 0 Å². The van der Waals surface area contributed by atoms with Crippen LogP contribution in [0.5, 0.6) is 0 Å². The monoisotopic (exact) mass is 577 g/mol. The van der Waals surface area contributed by atoms with Gasteiger partial charge < -0.3 is 20.3 Å². The number of carbonyl (C=O) groups excluding carboxylic acids is 1. The fourth-order valence-electron chi connectivity index (χ4n) is 4.45. The molecule has 2 aromatic carbocycles. The van der Waals surface area contributed by atoms with Crippen LogP contribution < -0.4 is 10.6 Å². The molecule has 34 heavy (non-hydrogen) atoms. The van der Waals surface area contributed by atoms with E-state index in [1.807, 2.05) is 45.2 Å². The van der Waals surface area contributed by atoms with Crippen molar-refractivity contribution in [2.45, 2.75) is 39.1 Å². The highest BCUT2D eigenvalue weighted by atomic mass is 127. The lowest BCUT2D eigenvalue weighted by molar-refractivity contribution is -0.118. The topological polar surface area (TPSA) is 69.2 Å². The number of halogens is 1. The number of hydrogen-bond donors (Lipinski definition) is 2. The third-order valence-electron chi connectivity index (χ3n) is 6.35. The van der Waals surface area contributed by atoms with Crippen molar-refractivity contribution in [3.05, 3.63) is 65.7 Å². The Morgan fingerprint density at radius 3 is 2.50 bits per heavy atom. The Balaban J connectivity index is 0.00000324. The first-order valence-electron chi connectivity index (χ1n) is 11.8. The number of rotatable bonds is 6. The van der Waals surface area contributed by atoms with E-state index in [0.717, 1.165) is 50.0 Å². The fraction of sp³-hybridized carbons (Fsp3) is 0.462. The smallest absolute Gasteiger partial charge is 0.226 e. The van der Waals surface area contributed by atoms with Crippen molar-refractivity contribution in [2.24, 2.45) is 10.9 Å². The molecule has 2 N–H and O–H groups in total. The van der Waals surface area contributed by atoms with Gasteiger partial charge in [-0.05, 0) is 23.3 Å². The molecule has 4 rings (SSSR count). The highest BCUT2D eigenvalue weighted by Gasteiger charge is 2.41. The number of aliphatic imine (C=N–C) groups is 1. The Kier molecular flexibility index (Phi) is 9.73. The number of morpholine rings is 1. The molecule has 0 saturated carbocycles. The van der Waals surface area contributed by atoms with Crippen LogP contribution in [0.4, 0.5) is 5.69 Å². The Bertz CT molecular complexity index is 951. The number of fused-ring (bicyclic) bond motifs is 1. The number of ether oxygens (including phenoxy) is 1. The van der Waals surface area contributed by atoms with Gasteiger partial charge in [0.05, 0.1) is 18.8 Å². The van der Waals surface area contributed by atoms with Crippen molar-refractivity contribution in [1.82, 2.24) is 15.1 Å². The third-order valence-corrected chi connectivity index (χ3v) is 6.35. The molecule has 8 heteroatoms. The van der Waals surface area contributed by atoms with Gasteiger partial charge in [0.15, 0.2) is 5.96 Å². The second-order valence-corrected chi connectivity index (χ2v) is 9.08. The first-order valence-corrected chi connectivity index (χ1v) is 11.8. The summed E-state index contributed by atoms with van der Waals surface area (Å²) in [5.74, 6) is 0.886. The summed E-state index contributed by atoms with van der Waals surface area (Å²) in [7, 11) is 1.83. The Hall–Kier alpha value is -2.17. The minimum Gasteiger partial charge on any atom is -0.373 e. The molecule has 2 fully saturated rings. The minimum atomic E-state index is -0.0357. The Labute approximate surface area is 220 Å². The van der Waals surface area contributed by atoms with E-state index >= 15 is 0 Å². The SMILES string of the molecule is CN=C(NCc1ccc(NC(=O)C(C)C)cc1)N1CC2OCCN(Cc3ccccc3)C2C1.I. The second-order valence-electron chi connectivity index (χ2n) is 9.08. The molecule has 0 bridgehead atoms. The maximum atomic E-state index is 11.9. The number of carbonyl (C=O) groups is 1. The van der Waals surface area contributed by atoms with Gasteiger partial charge in [-0.2, -0.15) is 0 Å². The quantitative estimate of drug-likeness (QED) is 0.313. The van der Waals surface area contributed by atoms with Crippen LogP contribution in [-0.4, -0.2) is 67.1 Å². The molecule has 7 nitrogen and oxygen atoms in total. The molecule has 0 aromatic heterocycles. The van der Waals surface area contributed by atoms with E-state index in [1.165, 1.54) is 5.56 Å². The van der Waals surface area contributed by atoms with Crippen molar-refractivity contribution in [3.63, 3.8) is 0 Å². The maximum absolute atomic E-state index is 11.9. The Morgan fingerprint density at radius 1 is 1.09 bits per heavy atom. The summed E-state index contributed by atoms with van der Waals surface area (Å²) in [6, 6.07) is 19.0. The zero-order chi connectivity index (χ0) is 23.2. The van der Waals surface area contributed by atoms with Crippen LogP contribution in [0.2, 0.25) is 0 Å². The molecule has 1 amide bonds. The number of likely N-dealkylation sites (tertiary alicyclic amines) is 1. The molecule has 2 aliphatic rings. The summed E-state index contributed by atoms with van der Waals surface area (Å²) >= 11 is 0. The van der Waals surface area contributed by atoms with Crippen LogP contribution in [0.15, 0.2) is 59.6 Å². The minimum absolute atomic E-state index is 0. The van der Waals surface area contributed by atoms with E-state index in [9.17, 15) is 4.79 Å². The van der Waals surface area contributed by atoms with Crippen LogP contribution in [0, 0.1) is 5.92 Å². The van der Waals surface area contributed by atoms with Crippen LogP contribution in [-0.2, 0) is 22.6 Å². The first kappa shape index (κ1) is 26.4. The summed E-state index contributed by atoms with van der Waals surface area (Å²) in [6.07, 6.45) is 0.199. The van der Waals surface area contributed by atoms with Crippen molar-refractivity contribution in [3.8, 4) is 0 Å². The maximum Gasteiger partial charge on any atom is 0.226 e. The molecule has 2 heterocycles. The summed E-state index contributed by atoms with van der Waals surface area (Å²) < 4.78 is 6.12. The zero-order valence-corrected chi connectivity index (χ0v) is 22.6. The predicted octanol–water partition coefficient (Wildman–Crippen LogP) is 3.56. The number of benzene rings is 2. The fourth-order valence-corrected chi connectivity index (χ4v) is 4.45. The van der Waals surface area contributed by atoms with E-state index in [0.29, 0.717) is 12.6 Å². The summed E-state index contributed by atoms with van der Waals surface area (Å²) in [6.45, 7) is 8.87. The van der Waals surface area contributed by atoms with Gasteiger partial charge in [-0.1, -0.05) is 56.3 Å². The lowest BCUT2D eigenvalue weighted by atomic mass is 10.1. The summed E-state index contributed by atoms with van der Waals surface area (Å²) in [5, 5.41) is 6.42. The number of nitrogens with zero attached hydrogens (tertiary/aromatic N) is 3. The van der Waals surface area contributed by atoms with Crippen molar-refractivity contribution in [1.29, 1.82) is 0 Å². The lowest BCUT2D eigenvalue weighted by Gasteiger charge is -2.36. The van der Waals surface area contributed by atoms with Crippen LogP contribution in [0.25, 0.3) is 0 Å².